The fourth-order valence-corrected chi connectivity index (χ4v) is 4.38. The minimum atomic E-state index is 0.0160. The maximum atomic E-state index is 13.0. The van der Waals surface area contributed by atoms with Crippen LogP contribution in [0.4, 0.5) is 11.6 Å². The van der Waals surface area contributed by atoms with E-state index in [1.165, 1.54) is 12.8 Å². The van der Waals surface area contributed by atoms with Crippen LogP contribution in [-0.2, 0) is 4.79 Å². The van der Waals surface area contributed by atoms with Gasteiger partial charge in [-0.05, 0) is 31.0 Å². The van der Waals surface area contributed by atoms with E-state index >= 15 is 0 Å². The summed E-state index contributed by atoms with van der Waals surface area (Å²) in [6, 6.07) is 7.93. The van der Waals surface area contributed by atoms with Crippen molar-refractivity contribution in [3.63, 3.8) is 0 Å². The Morgan fingerprint density at radius 1 is 0.906 bits per heavy atom. The Morgan fingerprint density at radius 3 is 2.41 bits per heavy atom. The third-order valence-electron chi connectivity index (χ3n) is 6.51. The van der Waals surface area contributed by atoms with Crippen LogP contribution in [-0.4, -0.2) is 80.0 Å². The highest BCUT2D eigenvalue weighted by atomic mass is 16.2. The second kappa shape index (κ2) is 7.85. The molecule has 3 aromatic rings. The minimum absolute atomic E-state index is 0.0160. The van der Waals surface area contributed by atoms with Gasteiger partial charge in [0.15, 0.2) is 11.6 Å². The van der Waals surface area contributed by atoms with Gasteiger partial charge in [0, 0.05) is 63.6 Å². The quantitative estimate of drug-likeness (QED) is 0.593. The largest absolute Gasteiger partial charge is 0.355 e. The van der Waals surface area contributed by atoms with E-state index in [1.54, 1.807) is 17.2 Å². The van der Waals surface area contributed by atoms with E-state index < -0.39 is 0 Å². The highest BCUT2D eigenvalue weighted by molar-refractivity contribution is 5.82. The van der Waals surface area contributed by atoms with E-state index in [0.29, 0.717) is 19.0 Å². The van der Waals surface area contributed by atoms with E-state index in [0.717, 1.165) is 49.3 Å². The average Bonchev–Trinajstić information content (AvgIpc) is 3.52. The monoisotopic (exact) mass is 431 g/mol. The molecule has 3 aromatic heterocycles. The fraction of sp³-hybridized carbons (Fsp3) is 0.455. The van der Waals surface area contributed by atoms with Gasteiger partial charge in [-0.25, -0.2) is 14.6 Å². The lowest BCUT2D eigenvalue weighted by Crippen LogP contribution is -2.58. The second-order valence-corrected chi connectivity index (χ2v) is 8.69. The standard InChI is InChI=1S/C22H25N9O/c32-22(17-13-30(14-17)20-12-21(24-15-23-20)31-7-1-6-25-31)29-10-8-28(9-11-29)19-5-4-18(26-27-19)16-2-3-16/h1,4-7,12,15-17H,2-3,8-11,13-14H2. The molecular formula is C22H25N9O. The van der Waals surface area contributed by atoms with Gasteiger partial charge in [-0.3, -0.25) is 4.79 Å². The molecular weight excluding hydrogens is 406 g/mol. The van der Waals surface area contributed by atoms with Gasteiger partial charge < -0.3 is 14.7 Å². The number of amides is 1. The van der Waals surface area contributed by atoms with E-state index in [-0.39, 0.29) is 11.8 Å². The first-order valence-corrected chi connectivity index (χ1v) is 11.2. The van der Waals surface area contributed by atoms with Gasteiger partial charge in [0.25, 0.3) is 0 Å². The van der Waals surface area contributed by atoms with Crippen molar-refractivity contribution in [2.45, 2.75) is 18.8 Å². The van der Waals surface area contributed by atoms with Crippen molar-refractivity contribution in [1.82, 2.24) is 34.8 Å². The van der Waals surface area contributed by atoms with Crippen LogP contribution in [0.2, 0.25) is 0 Å². The normalized spacial score (nSPS) is 19.2. The molecule has 0 bridgehead atoms. The molecule has 0 unspecified atom stereocenters. The van der Waals surface area contributed by atoms with Crippen LogP contribution >= 0.6 is 0 Å². The Bertz CT molecular complexity index is 1080. The number of rotatable bonds is 5. The van der Waals surface area contributed by atoms with Gasteiger partial charge in [-0.2, -0.15) is 10.2 Å². The van der Waals surface area contributed by atoms with Gasteiger partial charge >= 0.3 is 0 Å². The molecule has 1 aliphatic carbocycles. The molecule has 0 N–H and O–H groups in total. The van der Waals surface area contributed by atoms with E-state index in [9.17, 15) is 4.79 Å². The second-order valence-electron chi connectivity index (χ2n) is 8.69. The molecule has 10 heteroatoms. The topological polar surface area (TPSA) is 96.2 Å². The summed E-state index contributed by atoms with van der Waals surface area (Å²) in [6.45, 7) is 4.39. The summed E-state index contributed by atoms with van der Waals surface area (Å²) < 4.78 is 1.71. The van der Waals surface area contributed by atoms with E-state index in [4.69, 9.17) is 0 Å². The van der Waals surface area contributed by atoms with Crippen molar-refractivity contribution in [1.29, 1.82) is 0 Å². The zero-order valence-electron chi connectivity index (χ0n) is 17.8. The molecule has 0 radical (unpaired) electrons. The summed E-state index contributed by atoms with van der Waals surface area (Å²) >= 11 is 0. The molecule has 0 atom stereocenters. The molecule has 1 amide bonds. The summed E-state index contributed by atoms with van der Waals surface area (Å²) in [4.78, 5) is 28.0. The SMILES string of the molecule is O=C(C1CN(c2cc(-n3cccn3)ncn2)C1)N1CCN(c2ccc(C3CC3)nn2)CC1. The van der Waals surface area contributed by atoms with Crippen molar-refractivity contribution in [2.24, 2.45) is 5.92 Å². The Morgan fingerprint density at radius 2 is 1.72 bits per heavy atom. The third-order valence-corrected chi connectivity index (χ3v) is 6.51. The molecule has 164 valence electrons. The molecule has 2 aliphatic heterocycles. The highest BCUT2D eigenvalue weighted by Gasteiger charge is 2.37. The van der Waals surface area contributed by atoms with Crippen molar-refractivity contribution in [3.8, 4) is 5.82 Å². The van der Waals surface area contributed by atoms with Gasteiger partial charge in [0.2, 0.25) is 5.91 Å². The van der Waals surface area contributed by atoms with Crippen molar-refractivity contribution >= 4 is 17.5 Å². The van der Waals surface area contributed by atoms with Gasteiger partial charge in [-0.1, -0.05) is 0 Å². The van der Waals surface area contributed by atoms with E-state index in [2.05, 4.69) is 47.2 Å². The molecule has 3 aliphatic rings. The van der Waals surface area contributed by atoms with Crippen LogP contribution in [0.15, 0.2) is 43.0 Å². The van der Waals surface area contributed by atoms with E-state index in [1.807, 2.05) is 23.2 Å². The van der Waals surface area contributed by atoms with Gasteiger partial charge in [0.1, 0.15) is 12.1 Å². The molecule has 2 saturated heterocycles. The first kappa shape index (κ1) is 19.1. The number of carbonyl (C=O) groups is 1. The van der Waals surface area contributed by atoms with Crippen LogP contribution in [0, 0.1) is 5.92 Å². The van der Waals surface area contributed by atoms with Crippen molar-refractivity contribution in [3.05, 3.63) is 48.7 Å². The lowest BCUT2D eigenvalue weighted by molar-refractivity contribution is -0.136. The maximum absolute atomic E-state index is 13.0. The summed E-state index contributed by atoms with van der Waals surface area (Å²) in [5.74, 6) is 3.33. The zero-order valence-corrected chi connectivity index (χ0v) is 17.8. The highest BCUT2D eigenvalue weighted by Crippen LogP contribution is 2.38. The number of anilines is 2. The van der Waals surface area contributed by atoms with Crippen LogP contribution in [0.3, 0.4) is 0 Å². The maximum Gasteiger partial charge on any atom is 0.229 e. The summed E-state index contributed by atoms with van der Waals surface area (Å²) in [5.41, 5.74) is 1.11. The lowest BCUT2D eigenvalue weighted by atomic mass is 9.98. The number of nitrogens with zero attached hydrogens (tertiary/aromatic N) is 9. The number of piperazine rings is 1. The number of aromatic nitrogens is 6. The lowest BCUT2D eigenvalue weighted by Gasteiger charge is -2.43. The Balaban J connectivity index is 1.02. The van der Waals surface area contributed by atoms with Crippen molar-refractivity contribution < 1.29 is 4.79 Å². The average molecular weight is 432 g/mol. The fourth-order valence-electron chi connectivity index (χ4n) is 4.38. The van der Waals surface area contributed by atoms with Crippen LogP contribution in [0.1, 0.15) is 24.5 Å². The first-order valence-electron chi connectivity index (χ1n) is 11.2. The summed E-state index contributed by atoms with van der Waals surface area (Å²) in [6.07, 6.45) is 7.57. The molecule has 0 spiro atoms. The summed E-state index contributed by atoms with van der Waals surface area (Å²) in [5, 5.41) is 13.0. The molecule has 5 heterocycles. The smallest absolute Gasteiger partial charge is 0.229 e. The first-order chi connectivity index (χ1) is 15.7. The van der Waals surface area contributed by atoms with Gasteiger partial charge in [0.05, 0.1) is 11.6 Å². The molecule has 1 saturated carbocycles. The number of hydrogen-bond donors (Lipinski definition) is 0. The Hall–Kier alpha value is -3.56. The summed E-state index contributed by atoms with van der Waals surface area (Å²) in [7, 11) is 0. The molecule has 32 heavy (non-hydrogen) atoms. The van der Waals surface area contributed by atoms with Gasteiger partial charge in [-0.15, -0.1) is 5.10 Å². The number of carbonyl (C=O) groups excluding carboxylic acids is 1. The third kappa shape index (κ3) is 3.65. The van der Waals surface area contributed by atoms with Crippen LogP contribution in [0.5, 0.6) is 0 Å². The predicted octanol–water partition coefficient (Wildman–Crippen LogP) is 1.11. The molecule has 10 nitrogen and oxygen atoms in total. The minimum Gasteiger partial charge on any atom is -0.355 e. The molecule has 6 rings (SSSR count). The zero-order chi connectivity index (χ0) is 21.5. The van der Waals surface area contributed by atoms with Crippen LogP contribution in [0.25, 0.3) is 5.82 Å². The van der Waals surface area contributed by atoms with Crippen LogP contribution < -0.4 is 9.80 Å². The Kier molecular flexibility index (Phi) is 4.70. The Labute approximate surface area is 185 Å². The van der Waals surface area contributed by atoms with Crippen molar-refractivity contribution in [2.75, 3.05) is 49.1 Å². The predicted molar refractivity (Wildman–Crippen MR) is 118 cm³/mol. The molecule has 0 aromatic carbocycles. The molecule has 3 fully saturated rings. The number of hydrogen-bond acceptors (Lipinski definition) is 8.